The molecule has 0 fully saturated rings. The van der Waals surface area contributed by atoms with Gasteiger partial charge < -0.3 is 4.98 Å². The van der Waals surface area contributed by atoms with Crippen LogP contribution in [0.2, 0.25) is 0 Å². The largest absolute Gasteiger partial charge is 0.362 e. The van der Waals surface area contributed by atoms with Crippen LogP contribution in [0, 0.1) is 0 Å². The standard InChI is InChI=1S/C7H8F3N/c8-1-5-4-11-7(3-10)6(5)2-9/h4,11H,1-3H2. The second-order valence-electron chi connectivity index (χ2n) is 2.17. The van der Waals surface area contributed by atoms with E-state index < -0.39 is 20.0 Å². The molecule has 0 unspecified atom stereocenters. The van der Waals surface area contributed by atoms with Gasteiger partial charge in [-0.2, -0.15) is 0 Å². The number of aromatic amines is 1. The van der Waals surface area contributed by atoms with Gasteiger partial charge in [-0.3, -0.25) is 0 Å². The second-order valence-corrected chi connectivity index (χ2v) is 2.17. The smallest absolute Gasteiger partial charge is 0.130 e. The lowest BCUT2D eigenvalue weighted by Crippen LogP contribution is -1.88. The van der Waals surface area contributed by atoms with Crippen molar-refractivity contribution in [1.29, 1.82) is 0 Å². The van der Waals surface area contributed by atoms with E-state index >= 15 is 0 Å². The SMILES string of the molecule is FCc1c[nH]c(CF)c1CF. The summed E-state index contributed by atoms with van der Waals surface area (Å²) in [6, 6.07) is 0. The summed E-state index contributed by atoms with van der Waals surface area (Å²) >= 11 is 0. The molecule has 0 aliphatic rings. The molecule has 0 atom stereocenters. The Morgan fingerprint density at radius 2 is 1.82 bits per heavy atom. The number of hydrogen-bond acceptors (Lipinski definition) is 0. The first-order valence-corrected chi connectivity index (χ1v) is 3.19. The Labute approximate surface area is 62.2 Å². The molecule has 1 rings (SSSR count). The van der Waals surface area contributed by atoms with Gasteiger partial charge in [0.1, 0.15) is 20.0 Å². The molecule has 0 saturated heterocycles. The summed E-state index contributed by atoms with van der Waals surface area (Å²) in [5, 5.41) is 0. The first kappa shape index (κ1) is 8.17. The number of alkyl halides is 3. The molecule has 62 valence electrons. The van der Waals surface area contributed by atoms with Gasteiger partial charge in [-0.15, -0.1) is 0 Å². The van der Waals surface area contributed by atoms with Crippen LogP contribution in [0.25, 0.3) is 0 Å². The van der Waals surface area contributed by atoms with Crippen molar-refractivity contribution in [2.75, 3.05) is 0 Å². The van der Waals surface area contributed by atoms with E-state index in [1.54, 1.807) is 0 Å². The summed E-state index contributed by atoms with van der Waals surface area (Å²) < 4.78 is 36.1. The molecule has 1 N–H and O–H groups in total. The van der Waals surface area contributed by atoms with Gasteiger partial charge in [-0.1, -0.05) is 0 Å². The molecule has 1 aromatic heterocycles. The van der Waals surface area contributed by atoms with Crippen LogP contribution < -0.4 is 0 Å². The highest BCUT2D eigenvalue weighted by Gasteiger charge is 2.09. The van der Waals surface area contributed by atoms with Crippen molar-refractivity contribution in [2.24, 2.45) is 0 Å². The maximum Gasteiger partial charge on any atom is 0.130 e. The zero-order valence-corrected chi connectivity index (χ0v) is 5.83. The topological polar surface area (TPSA) is 15.8 Å². The summed E-state index contributed by atoms with van der Waals surface area (Å²) in [7, 11) is 0. The van der Waals surface area contributed by atoms with E-state index in [0.29, 0.717) is 0 Å². The highest BCUT2D eigenvalue weighted by atomic mass is 19.1. The number of H-pyrrole nitrogens is 1. The van der Waals surface area contributed by atoms with Crippen molar-refractivity contribution >= 4 is 0 Å². The maximum absolute atomic E-state index is 12.1. The first-order chi connectivity index (χ1) is 5.33. The number of aromatic nitrogens is 1. The maximum atomic E-state index is 12.1. The predicted molar refractivity (Wildman–Crippen MR) is 35.2 cm³/mol. The molecule has 0 aliphatic carbocycles. The lowest BCUT2D eigenvalue weighted by atomic mass is 10.2. The van der Waals surface area contributed by atoms with E-state index in [1.165, 1.54) is 6.20 Å². The Bertz CT molecular complexity index is 210. The van der Waals surface area contributed by atoms with E-state index in [1.807, 2.05) is 0 Å². The average molecular weight is 163 g/mol. The minimum absolute atomic E-state index is 0.120. The molecule has 0 aliphatic heterocycles. The van der Waals surface area contributed by atoms with Crippen LogP contribution in [-0.4, -0.2) is 4.98 Å². The summed E-state index contributed by atoms with van der Waals surface area (Å²) in [5.74, 6) is 0. The molecular weight excluding hydrogens is 155 g/mol. The van der Waals surface area contributed by atoms with E-state index in [4.69, 9.17) is 0 Å². The van der Waals surface area contributed by atoms with Crippen LogP contribution in [0.3, 0.4) is 0 Å². The van der Waals surface area contributed by atoms with Crippen LogP contribution in [0.15, 0.2) is 6.20 Å². The minimum atomic E-state index is -0.817. The molecule has 0 amide bonds. The third-order valence-corrected chi connectivity index (χ3v) is 1.58. The summed E-state index contributed by atoms with van der Waals surface area (Å²) in [6.07, 6.45) is 1.30. The zero-order chi connectivity index (χ0) is 8.27. The Morgan fingerprint density at radius 3 is 2.27 bits per heavy atom. The monoisotopic (exact) mass is 163 g/mol. The minimum Gasteiger partial charge on any atom is -0.362 e. The fourth-order valence-corrected chi connectivity index (χ4v) is 0.947. The Morgan fingerprint density at radius 1 is 1.09 bits per heavy atom. The third-order valence-electron chi connectivity index (χ3n) is 1.58. The number of halogens is 3. The zero-order valence-electron chi connectivity index (χ0n) is 5.83. The molecule has 0 radical (unpaired) electrons. The van der Waals surface area contributed by atoms with Crippen molar-refractivity contribution in [1.82, 2.24) is 4.98 Å². The molecule has 1 aromatic rings. The van der Waals surface area contributed by atoms with Crippen molar-refractivity contribution in [3.63, 3.8) is 0 Å². The van der Waals surface area contributed by atoms with Crippen LogP contribution in [0.1, 0.15) is 16.8 Å². The third kappa shape index (κ3) is 1.39. The van der Waals surface area contributed by atoms with E-state index in [2.05, 4.69) is 4.98 Å². The summed E-state index contributed by atoms with van der Waals surface area (Å²) in [6.45, 7) is -2.35. The van der Waals surface area contributed by atoms with Crippen LogP contribution in [0.4, 0.5) is 13.2 Å². The van der Waals surface area contributed by atoms with Gasteiger partial charge in [-0.25, -0.2) is 13.2 Å². The highest BCUT2D eigenvalue weighted by Crippen LogP contribution is 2.17. The molecule has 0 bridgehead atoms. The second kappa shape index (κ2) is 3.46. The van der Waals surface area contributed by atoms with Crippen LogP contribution in [-0.2, 0) is 20.0 Å². The van der Waals surface area contributed by atoms with Gasteiger partial charge in [0.15, 0.2) is 0 Å². The normalized spacial score (nSPS) is 10.5. The molecule has 1 heterocycles. The Balaban J connectivity index is 2.99. The molecule has 0 aromatic carbocycles. The lowest BCUT2D eigenvalue weighted by molar-refractivity contribution is 0.438. The van der Waals surface area contributed by atoms with Gasteiger partial charge in [0.25, 0.3) is 0 Å². The van der Waals surface area contributed by atoms with Crippen LogP contribution >= 0.6 is 0 Å². The molecule has 0 spiro atoms. The Kier molecular flexibility index (Phi) is 2.57. The van der Waals surface area contributed by atoms with Gasteiger partial charge in [0.2, 0.25) is 0 Å². The molecule has 11 heavy (non-hydrogen) atoms. The van der Waals surface area contributed by atoms with Gasteiger partial charge in [0, 0.05) is 17.3 Å². The fourth-order valence-electron chi connectivity index (χ4n) is 0.947. The number of nitrogens with one attached hydrogen (secondary N) is 1. The number of hydrogen-bond donors (Lipinski definition) is 1. The van der Waals surface area contributed by atoms with E-state index in [9.17, 15) is 13.2 Å². The quantitative estimate of drug-likeness (QED) is 0.704. The highest BCUT2D eigenvalue weighted by molar-refractivity contribution is 5.29. The fraction of sp³-hybridized carbons (Fsp3) is 0.429. The van der Waals surface area contributed by atoms with Crippen molar-refractivity contribution in [3.8, 4) is 0 Å². The van der Waals surface area contributed by atoms with Crippen molar-refractivity contribution < 1.29 is 13.2 Å². The molecule has 1 nitrogen and oxygen atoms in total. The predicted octanol–water partition coefficient (Wildman–Crippen LogP) is 2.42. The molecular formula is C7H8F3N. The van der Waals surface area contributed by atoms with Crippen LogP contribution in [0.5, 0.6) is 0 Å². The summed E-state index contributed by atoms with van der Waals surface area (Å²) in [4.78, 5) is 2.47. The van der Waals surface area contributed by atoms with E-state index in [-0.39, 0.29) is 16.8 Å². The lowest BCUT2D eigenvalue weighted by Gasteiger charge is -1.95. The molecule has 0 saturated carbocycles. The van der Waals surface area contributed by atoms with Crippen molar-refractivity contribution in [2.45, 2.75) is 20.0 Å². The first-order valence-electron chi connectivity index (χ1n) is 3.19. The van der Waals surface area contributed by atoms with Gasteiger partial charge in [-0.05, 0) is 0 Å². The van der Waals surface area contributed by atoms with Gasteiger partial charge >= 0.3 is 0 Å². The van der Waals surface area contributed by atoms with Gasteiger partial charge in [0.05, 0.1) is 5.69 Å². The number of rotatable bonds is 3. The summed E-state index contributed by atoms with van der Waals surface area (Å²) in [5.41, 5.74) is 0.468. The van der Waals surface area contributed by atoms with E-state index in [0.717, 1.165) is 0 Å². The Hall–Kier alpha value is -0.930. The average Bonchev–Trinajstić information content (AvgIpc) is 2.45. The van der Waals surface area contributed by atoms with Crippen molar-refractivity contribution in [3.05, 3.63) is 23.0 Å². The molecule has 4 heteroatoms.